The Morgan fingerprint density at radius 3 is 2.60 bits per heavy atom. The summed E-state index contributed by atoms with van der Waals surface area (Å²) in [7, 11) is 0. The molecular weight excluding hydrogens is 376 g/mol. The number of likely N-dealkylation sites (tertiary alicyclic amines) is 1. The maximum absolute atomic E-state index is 12.9. The van der Waals surface area contributed by atoms with E-state index in [1.165, 1.54) is 11.1 Å². The Kier molecular flexibility index (Phi) is 4.31. The lowest BCUT2D eigenvalue weighted by atomic mass is 9.79. The number of hydrogen-bond acceptors (Lipinski definition) is 4. The van der Waals surface area contributed by atoms with Gasteiger partial charge in [0, 0.05) is 24.7 Å². The summed E-state index contributed by atoms with van der Waals surface area (Å²) < 4.78 is 0. The van der Waals surface area contributed by atoms with E-state index in [1.54, 1.807) is 0 Å². The van der Waals surface area contributed by atoms with Gasteiger partial charge in [0.05, 0.1) is 11.6 Å². The van der Waals surface area contributed by atoms with Crippen LogP contribution in [0.2, 0.25) is 0 Å². The summed E-state index contributed by atoms with van der Waals surface area (Å²) >= 11 is 0. The lowest BCUT2D eigenvalue weighted by Crippen LogP contribution is -2.35. The molecule has 30 heavy (non-hydrogen) atoms. The summed E-state index contributed by atoms with van der Waals surface area (Å²) in [6.45, 7) is 12.1. The van der Waals surface area contributed by atoms with E-state index < -0.39 is 0 Å². The van der Waals surface area contributed by atoms with Crippen molar-refractivity contribution in [2.75, 3.05) is 13.1 Å². The predicted octanol–water partition coefficient (Wildman–Crippen LogP) is 4.11. The number of aromatic amines is 1. The number of nitrogens with zero attached hydrogens (tertiary/aromatic N) is 3. The molecule has 0 radical (unpaired) electrons. The maximum Gasteiger partial charge on any atom is 0.274 e. The zero-order valence-electron chi connectivity index (χ0n) is 18.3. The highest BCUT2D eigenvalue weighted by atomic mass is 16.7. The molecule has 1 aliphatic carbocycles. The van der Waals surface area contributed by atoms with Gasteiger partial charge in [-0.25, -0.2) is 0 Å². The average molecular weight is 407 g/mol. The van der Waals surface area contributed by atoms with Gasteiger partial charge >= 0.3 is 0 Å². The van der Waals surface area contributed by atoms with E-state index in [0.717, 1.165) is 24.5 Å². The van der Waals surface area contributed by atoms with Crippen molar-refractivity contribution < 1.29 is 9.63 Å². The number of aryl methyl sites for hydroxylation is 1. The highest BCUT2D eigenvalue weighted by Gasteiger charge is 2.62. The maximum atomic E-state index is 12.9. The van der Waals surface area contributed by atoms with Gasteiger partial charge in [-0.2, -0.15) is 5.10 Å². The van der Waals surface area contributed by atoms with Crippen LogP contribution in [0.5, 0.6) is 0 Å². The van der Waals surface area contributed by atoms with Crippen molar-refractivity contribution in [1.82, 2.24) is 15.1 Å². The van der Waals surface area contributed by atoms with Gasteiger partial charge < -0.3 is 9.74 Å². The summed E-state index contributed by atoms with van der Waals surface area (Å²) in [5.41, 5.74) is 4.86. The molecular formula is C24H30N4O2. The summed E-state index contributed by atoms with van der Waals surface area (Å²) in [5, 5.41) is 11.8. The fourth-order valence-corrected chi connectivity index (χ4v) is 5.34. The second-order valence-electron chi connectivity index (χ2n) is 9.98. The molecule has 2 unspecified atom stereocenters. The predicted molar refractivity (Wildman–Crippen MR) is 116 cm³/mol. The van der Waals surface area contributed by atoms with Gasteiger partial charge in [-0.3, -0.25) is 9.89 Å². The molecule has 0 bridgehead atoms. The number of rotatable bonds is 4. The van der Waals surface area contributed by atoms with E-state index >= 15 is 0 Å². The average Bonchev–Trinajstić information content (AvgIpc) is 3.11. The molecule has 2 aliphatic heterocycles. The first-order chi connectivity index (χ1) is 14.3. The fraction of sp³-hybridized carbons (Fsp3) is 0.542. The largest absolute Gasteiger partial charge is 0.389 e. The lowest BCUT2D eigenvalue weighted by Gasteiger charge is -2.27. The summed E-state index contributed by atoms with van der Waals surface area (Å²) in [4.78, 5) is 20.7. The number of nitrogens with one attached hydrogen (secondary N) is 1. The van der Waals surface area contributed by atoms with Crippen molar-refractivity contribution >= 4 is 11.6 Å². The van der Waals surface area contributed by atoms with Gasteiger partial charge in [-0.15, -0.1) is 0 Å². The molecule has 1 aromatic heterocycles. The number of oxime groups is 1. The zero-order chi connectivity index (χ0) is 21.2. The number of carbonyl (C=O) groups excluding carboxylic acids is 1. The van der Waals surface area contributed by atoms with Gasteiger partial charge in [-0.1, -0.05) is 48.8 Å². The van der Waals surface area contributed by atoms with Crippen LogP contribution in [-0.2, 0) is 4.84 Å². The van der Waals surface area contributed by atoms with Crippen LogP contribution in [0.4, 0.5) is 0 Å². The standard InChI is InChI=1S/C24H30N4O2/c1-13(2)18-10-19(26-25-18)23(29)28-11-16-17(12-28)20(16)22-21(24(4,5)30-27-22)15-8-6-7-14(3)9-15/h6-10,13,16-17,20-21H,11-12H2,1-5H3,(H,25,26)/t16-,17+,20?,21?. The third-order valence-electron chi connectivity index (χ3n) is 7.01. The second-order valence-corrected chi connectivity index (χ2v) is 9.98. The first-order valence-electron chi connectivity index (χ1n) is 10.9. The summed E-state index contributed by atoms with van der Waals surface area (Å²) in [6.07, 6.45) is 0. The molecule has 2 aromatic rings. The van der Waals surface area contributed by atoms with E-state index in [-0.39, 0.29) is 17.4 Å². The molecule has 1 amide bonds. The molecule has 3 heterocycles. The number of fused-ring (bicyclic) bond motifs is 1. The molecule has 1 saturated carbocycles. The van der Waals surface area contributed by atoms with Crippen molar-refractivity contribution in [3.05, 3.63) is 52.8 Å². The number of hydrogen-bond donors (Lipinski definition) is 1. The van der Waals surface area contributed by atoms with E-state index in [2.05, 4.69) is 74.2 Å². The second kappa shape index (κ2) is 6.69. The molecule has 3 aliphatic rings. The number of carbonyl (C=O) groups is 1. The van der Waals surface area contributed by atoms with Crippen LogP contribution in [0, 0.1) is 24.7 Å². The third kappa shape index (κ3) is 3.04. The molecule has 5 rings (SSSR count). The molecule has 0 spiro atoms. The molecule has 4 atom stereocenters. The van der Waals surface area contributed by atoms with Crippen LogP contribution in [0.25, 0.3) is 0 Å². The van der Waals surface area contributed by atoms with Crippen LogP contribution in [0.15, 0.2) is 35.5 Å². The number of aromatic nitrogens is 2. The van der Waals surface area contributed by atoms with Gasteiger partial charge in [-0.05, 0) is 50.2 Å². The van der Waals surface area contributed by atoms with Crippen LogP contribution in [0.1, 0.15) is 66.8 Å². The molecule has 158 valence electrons. The van der Waals surface area contributed by atoms with Crippen molar-refractivity contribution in [1.29, 1.82) is 0 Å². The minimum atomic E-state index is -0.349. The van der Waals surface area contributed by atoms with E-state index in [1.807, 2.05) is 11.0 Å². The third-order valence-corrected chi connectivity index (χ3v) is 7.01. The first-order valence-corrected chi connectivity index (χ1v) is 10.9. The SMILES string of the molecule is Cc1cccc(C2C(C3[C@H]4CN(C(=O)c5cc(C(C)C)[nH]n5)C[C@@H]34)=NOC2(C)C)c1. The Morgan fingerprint density at radius 2 is 1.97 bits per heavy atom. The fourth-order valence-electron chi connectivity index (χ4n) is 5.34. The normalized spacial score (nSPS) is 29.0. The molecule has 6 heteroatoms. The van der Waals surface area contributed by atoms with Crippen LogP contribution < -0.4 is 0 Å². The minimum Gasteiger partial charge on any atom is -0.389 e. The summed E-state index contributed by atoms with van der Waals surface area (Å²) in [6, 6.07) is 10.5. The molecule has 1 N–H and O–H groups in total. The van der Waals surface area contributed by atoms with Gasteiger partial charge in [0.25, 0.3) is 5.91 Å². The van der Waals surface area contributed by atoms with Crippen LogP contribution >= 0.6 is 0 Å². The van der Waals surface area contributed by atoms with Crippen molar-refractivity contribution in [3.63, 3.8) is 0 Å². The Bertz CT molecular complexity index is 1010. The first kappa shape index (κ1) is 19.3. The van der Waals surface area contributed by atoms with Crippen LogP contribution in [0.3, 0.4) is 0 Å². The van der Waals surface area contributed by atoms with Gasteiger partial charge in [0.1, 0.15) is 11.3 Å². The van der Waals surface area contributed by atoms with E-state index in [9.17, 15) is 4.79 Å². The molecule has 6 nitrogen and oxygen atoms in total. The Hall–Kier alpha value is -2.63. The van der Waals surface area contributed by atoms with Gasteiger partial charge in [0.15, 0.2) is 0 Å². The Balaban J connectivity index is 1.30. The highest BCUT2D eigenvalue weighted by molar-refractivity contribution is 5.98. The lowest BCUT2D eigenvalue weighted by molar-refractivity contribution is 0.00187. The summed E-state index contributed by atoms with van der Waals surface area (Å²) in [5.74, 6) is 1.88. The van der Waals surface area contributed by atoms with Crippen molar-refractivity contribution in [2.45, 2.75) is 52.1 Å². The Morgan fingerprint density at radius 1 is 1.23 bits per heavy atom. The van der Waals surface area contributed by atoms with Gasteiger partial charge in [0.2, 0.25) is 0 Å². The van der Waals surface area contributed by atoms with E-state index in [4.69, 9.17) is 4.84 Å². The minimum absolute atomic E-state index is 0.0317. The molecule has 2 fully saturated rings. The van der Waals surface area contributed by atoms with Crippen molar-refractivity contribution in [3.8, 4) is 0 Å². The molecule has 1 aromatic carbocycles. The number of H-pyrrole nitrogens is 1. The number of piperidine rings is 1. The number of benzene rings is 1. The van der Waals surface area contributed by atoms with Crippen molar-refractivity contribution in [2.24, 2.45) is 22.9 Å². The Labute approximate surface area is 177 Å². The van der Waals surface area contributed by atoms with E-state index in [0.29, 0.717) is 29.4 Å². The smallest absolute Gasteiger partial charge is 0.274 e. The molecule has 1 saturated heterocycles. The monoisotopic (exact) mass is 406 g/mol. The van der Waals surface area contributed by atoms with Crippen LogP contribution in [-0.4, -0.2) is 45.4 Å². The zero-order valence-corrected chi connectivity index (χ0v) is 18.3. The quantitative estimate of drug-likeness (QED) is 0.831. The topological polar surface area (TPSA) is 70.6 Å². The highest BCUT2D eigenvalue weighted by Crippen LogP contribution is 2.57. The number of amides is 1.